The second-order valence-electron chi connectivity index (χ2n) is 3.87. The number of halogens is 1. The Morgan fingerprint density at radius 3 is 3.00 bits per heavy atom. The quantitative estimate of drug-likeness (QED) is 0.711. The van der Waals surface area contributed by atoms with Gasteiger partial charge in [0, 0.05) is 13.7 Å². The summed E-state index contributed by atoms with van der Waals surface area (Å²) in [5.74, 6) is 2.84. The molecule has 1 saturated heterocycles. The minimum atomic E-state index is 0. The number of hydrogen-bond donors (Lipinski definition) is 1. The van der Waals surface area contributed by atoms with Crippen LogP contribution in [0, 0.1) is 17.8 Å². The van der Waals surface area contributed by atoms with Crippen LogP contribution in [0.3, 0.4) is 0 Å². The molecular formula is C9H18ClNO. The van der Waals surface area contributed by atoms with Gasteiger partial charge < -0.3 is 10.1 Å². The molecule has 12 heavy (non-hydrogen) atoms. The summed E-state index contributed by atoms with van der Waals surface area (Å²) < 4.78 is 5.17. The summed E-state index contributed by atoms with van der Waals surface area (Å²) in [7, 11) is 1.81. The Balaban J connectivity index is 0.000000720. The van der Waals surface area contributed by atoms with Gasteiger partial charge in [-0.3, -0.25) is 0 Å². The van der Waals surface area contributed by atoms with Gasteiger partial charge in [0.2, 0.25) is 0 Å². The van der Waals surface area contributed by atoms with Gasteiger partial charge in [0.05, 0.1) is 0 Å². The molecule has 0 spiro atoms. The van der Waals surface area contributed by atoms with Crippen LogP contribution in [0.2, 0.25) is 0 Å². The first-order chi connectivity index (χ1) is 5.42. The Labute approximate surface area is 80.5 Å². The van der Waals surface area contributed by atoms with Crippen LogP contribution in [-0.4, -0.2) is 26.8 Å². The number of rotatable bonds is 2. The third-order valence-corrected chi connectivity index (χ3v) is 3.26. The Hall–Kier alpha value is 0.210. The smallest absolute Gasteiger partial charge is 0.0493 e. The summed E-state index contributed by atoms with van der Waals surface area (Å²) >= 11 is 0. The molecule has 2 aliphatic rings. The fourth-order valence-electron chi connectivity index (χ4n) is 2.60. The molecule has 1 heterocycles. The van der Waals surface area contributed by atoms with Gasteiger partial charge in [-0.05, 0) is 43.7 Å². The topological polar surface area (TPSA) is 21.3 Å². The van der Waals surface area contributed by atoms with E-state index in [2.05, 4.69) is 5.32 Å². The van der Waals surface area contributed by atoms with E-state index in [9.17, 15) is 0 Å². The predicted molar refractivity (Wildman–Crippen MR) is 51.7 cm³/mol. The van der Waals surface area contributed by atoms with E-state index in [1.807, 2.05) is 7.11 Å². The van der Waals surface area contributed by atoms with Crippen molar-refractivity contribution >= 4 is 12.4 Å². The van der Waals surface area contributed by atoms with Gasteiger partial charge >= 0.3 is 0 Å². The second-order valence-corrected chi connectivity index (χ2v) is 3.87. The number of fused-ring (bicyclic) bond motifs is 1. The Morgan fingerprint density at radius 1 is 1.50 bits per heavy atom. The highest BCUT2D eigenvalue weighted by molar-refractivity contribution is 5.85. The molecule has 3 heteroatoms. The van der Waals surface area contributed by atoms with Crippen molar-refractivity contribution in [2.24, 2.45) is 17.8 Å². The van der Waals surface area contributed by atoms with Crippen molar-refractivity contribution in [3.63, 3.8) is 0 Å². The van der Waals surface area contributed by atoms with E-state index < -0.39 is 0 Å². The van der Waals surface area contributed by atoms with E-state index in [0.717, 1.165) is 24.4 Å². The van der Waals surface area contributed by atoms with Gasteiger partial charge in [-0.25, -0.2) is 0 Å². The normalized spacial score (nSPS) is 39.2. The molecule has 3 atom stereocenters. The van der Waals surface area contributed by atoms with E-state index in [1.165, 1.54) is 25.9 Å². The summed E-state index contributed by atoms with van der Waals surface area (Å²) in [6.07, 6.45) is 2.77. The lowest BCUT2D eigenvalue weighted by Crippen LogP contribution is -2.49. The lowest BCUT2D eigenvalue weighted by molar-refractivity contribution is -0.0122. The molecule has 3 unspecified atom stereocenters. The van der Waals surface area contributed by atoms with Gasteiger partial charge in [0.15, 0.2) is 0 Å². The highest BCUT2D eigenvalue weighted by Gasteiger charge is 2.41. The first-order valence-electron chi connectivity index (χ1n) is 4.61. The molecule has 0 amide bonds. The molecule has 2 nitrogen and oxygen atoms in total. The molecule has 0 aromatic heterocycles. The van der Waals surface area contributed by atoms with Crippen molar-refractivity contribution in [1.82, 2.24) is 5.32 Å². The van der Waals surface area contributed by atoms with Crippen molar-refractivity contribution in [3.05, 3.63) is 0 Å². The maximum absolute atomic E-state index is 5.17. The lowest BCUT2D eigenvalue weighted by Gasteiger charge is -2.47. The van der Waals surface area contributed by atoms with E-state index >= 15 is 0 Å². The minimum absolute atomic E-state index is 0. The summed E-state index contributed by atoms with van der Waals surface area (Å²) in [6.45, 7) is 3.47. The standard InChI is InChI=1S/C9H17NO.ClH/c1-11-6-8-4-7-5-10-3-2-9(7)8;/h7-10H,2-6H2,1H3;1H. The summed E-state index contributed by atoms with van der Waals surface area (Å²) in [5, 5.41) is 3.44. The van der Waals surface area contributed by atoms with E-state index in [1.54, 1.807) is 0 Å². The van der Waals surface area contributed by atoms with E-state index in [-0.39, 0.29) is 12.4 Å². The minimum Gasteiger partial charge on any atom is -0.384 e. The van der Waals surface area contributed by atoms with Crippen molar-refractivity contribution in [3.8, 4) is 0 Å². The zero-order valence-corrected chi connectivity index (χ0v) is 8.40. The second kappa shape index (κ2) is 4.45. The maximum Gasteiger partial charge on any atom is 0.0493 e. The summed E-state index contributed by atoms with van der Waals surface area (Å²) in [5.41, 5.74) is 0. The lowest BCUT2D eigenvalue weighted by atomic mass is 9.62. The van der Waals surface area contributed by atoms with Gasteiger partial charge in [-0.1, -0.05) is 0 Å². The first-order valence-corrected chi connectivity index (χ1v) is 4.61. The van der Waals surface area contributed by atoms with E-state index in [0.29, 0.717) is 0 Å². The fourth-order valence-corrected chi connectivity index (χ4v) is 2.60. The maximum atomic E-state index is 5.17. The van der Waals surface area contributed by atoms with Crippen LogP contribution in [0.15, 0.2) is 0 Å². The zero-order valence-electron chi connectivity index (χ0n) is 7.58. The van der Waals surface area contributed by atoms with Crippen LogP contribution in [-0.2, 0) is 4.74 Å². The van der Waals surface area contributed by atoms with Crippen molar-refractivity contribution < 1.29 is 4.74 Å². The molecule has 2 rings (SSSR count). The molecule has 1 saturated carbocycles. The van der Waals surface area contributed by atoms with Crippen LogP contribution >= 0.6 is 12.4 Å². The molecule has 1 aliphatic carbocycles. The summed E-state index contributed by atoms with van der Waals surface area (Å²) in [6, 6.07) is 0. The average molecular weight is 192 g/mol. The van der Waals surface area contributed by atoms with Gasteiger partial charge in [0.25, 0.3) is 0 Å². The van der Waals surface area contributed by atoms with Crippen LogP contribution in [0.1, 0.15) is 12.8 Å². The van der Waals surface area contributed by atoms with Crippen LogP contribution in [0.25, 0.3) is 0 Å². The number of piperidine rings is 1. The Bertz CT molecular complexity index is 142. The van der Waals surface area contributed by atoms with Crippen molar-refractivity contribution in [1.29, 1.82) is 0 Å². The molecule has 72 valence electrons. The number of hydrogen-bond acceptors (Lipinski definition) is 2. The highest BCUT2D eigenvalue weighted by atomic mass is 35.5. The van der Waals surface area contributed by atoms with Gasteiger partial charge in [-0.2, -0.15) is 0 Å². The van der Waals surface area contributed by atoms with Gasteiger partial charge in [-0.15, -0.1) is 12.4 Å². The third-order valence-electron chi connectivity index (χ3n) is 3.26. The number of methoxy groups -OCH3 is 1. The highest BCUT2D eigenvalue weighted by Crippen LogP contribution is 2.43. The Morgan fingerprint density at radius 2 is 2.33 bits per heavy atom. The SMILES string of the molecule is COCC1CC2CNCCC21.Cl. The first kappa shape index (κ1) is 10.3. The summed E-state index contributed by atoms with van der Waals surface area (Å²) in [4.78, 5) is 0. The third kappa shape index (κ3) is 1.76. The average Bonchev–Trinajstić information content (AvgIpc) is 2.01. The van der Waals surface area contributed by atoms with Crippen LogP contribution in [0.4, 0.5) is 0 Å². The molecule has 0 bridgehead atoms. The van der Waals surface area contributed by atoms with Crippen LogP contribution < -0.4 is 5.32 Å². The molecule has 0 aromatic carbocycles. The largest absolute Gasteiger partial charge is 0.384 e. The fraction of sp³-hybridized carbons (Fsp3) is 1.00. The van der Waals surface area contributed by atoms with Gasteiger partial charge in [0.1, 0.15) is 0 Å². The van der Waals surface area contributed by atoms with Crippen molar-refractivity contribution in [2.45, 2.75) is 12.8 Å². The molecule has 0 radical (unpaired) electrons. The van der Waals surface area contributed by atoms with Crippen molar-refractivity contribution in [2.75, 3.05) is 26.8 Å². The predicted octanol–water partition coefficient (Wildman–Crippen LogP) is 1.30. The van der Waals surface area contributed by atoms with Crippen LogP contribution in [0.5, 0.6) is 0 Å². The monoisotopic (exact) mass is 191 g/mol. The van der Waals surface area contributed by atoms with E-state index in [4.69, 9.17) is 4.74 Å². The molecule has 0 aromatic rings. The Kier molecular flexibility index (Phi) is 3.81. The zero-order chi connectivity index (χ0) is 7.68. The molecular weight excluding hydrogens is 174 g/mol. The number of ether oxygens (including phenoxy) is 1. The molecule has 2 fully saturated rings. The molecule has 1 N–H and O–H groups in total. The number of nitrogens with one attached hydrogen (secondary N) is 1. The molecule has 1 aliphatic heterocycles.